The van der Waals surface area contributed by atoms with E-state index in [1.54, 1.807) is 32.2 Å². The van der Waals surface area contributed by atoms with Gasteiger partial charge in [0.15, 0.2) is 0 Å². The number of urea groups is 2. The molecule has 4 amide bonds. The van der Waals surface area contributed by atoms with Gasteiger partial charge in [0.1, 0.15) is 0 Å². The normalized spacial score (nSPS) is 21.6. The van der Waals surface area contributed by atoms with E-state index in [-0.39, 0.29) is 30.2 Å². The molecule has 1 saturated heterocycles. The molecule has 0 aromatic heterocycles. The van der Waals surface area contributed by atoms with Gasteiger partial charge in [-0.25, -0.2) is 14.4 Å². The number of esters is 1. The maximum atomic E-state index is 13.2. The Bertz CT molecular complexity index is 1010. The Morgan fingerprint density at radius 2 is 1.91 bits per heavy atom. The fourth-order valence-electron chi connectivity index (χ4n) is 4.42. The summed E-state index contributed by atoms with van der Waals surface area (Å²) in [4.78, 5) is 44.2. The third-order valence-corrected chi connectivity index (χ3v) is 6.46. The molecule has 0 spiro atoms. The zero-order valence-corrected chi connectivity index (χ0v) is 22.1. The van der Waals surface area contributed by atoms with Crippen LogP contribution in [0.2, 0.25) is 5.02 Å². The average molecular weight is 506 g/mol. The molecule has 10 heteroatoms. The Morgan fingerprint density at radius 3 is 2.51 bits per heavy atom. The first-order valence-electron chi connectivity index (χ1n) is 11.9. The van der Waals surface area contributed by atoms with Gasteiger partial charge in [-0.05, 0) is 46.2 Å². The van der Waals surface area contributed by atoms with Crippen molar-refractivity contribution in [1.82, 2.24) is 25.3 Å². The van der Waals surface area contributed by atoms with Crippen molar-refractivity contribution in [3.63, 3.8) is 0 Å². The molecular weight excluding hydrogens is 470 g/mol. The summed E-state index contributed by atoms with van der Waals surface area (Å²) in [5, 5.41) is 6.37. The summed E-state index contributed by atoms with van der Waals surface area (Å²) in [5.74, 6) is -0.490. The van der Waals surface area contributed by atoms with Crippen molar-refractivity contribution in [2.24, 2.45) is 0 Å². The smallest absolute Gasteiger partial charge is 0.338 e. The first kappa shape index (κ1) is 26.8. The van der Waals surface area contributed by atoms with Crippen LogP contribution < -0.4 is 10.6 Å². The Morgan fingerprint density at radius 1 is 1.23 bits per heavy atom. The second kappa shape index (κ2) is 10.9. The van der Waals surface area contributed by atoms with E-state index < -0.39 is 12.0 Å². The fourth-order valence-corrected chi connectivity index (χ4v) is 4.67. The molecule has 0 radical (unpaired) electrons. The van der Waals surface area contributed by atoms with Crippen molar-refractivity contribution in [3.05, 3.63) is 46.1 Å². The standard InChI is InChI=1S/C25H36ClN5O4/c1-7-35-22(32)20-19(29(6)23(33)27-21(20)17-10-8-9-11-18(17)26)15-30-12-13-31(16(2)14-30)24(34)28-25(3,4)5/h8-11,16,21H,7,12-15H2,1-6H3,(H,27,33)(H,28,34)/t16-,21+/m0/s1. The van der Waals surface area contributed by atoms with Crippen LogP contribution in [0.3, 0.4) is 0 Å². The first-order valence-corrected chi connectivity index (χ1v) is 12.3. The van der Waals surface area contributed by atoms with Crippen LogP contribution in [-0.4, -0.2) is 84.1 Å². The Balaban J connectivity index is 1.90. The van der Waals surface area contributed by atoms with E-state index in [0.717, 1.165) is 0 Å². The van der Waals surface area contributed by atoms with Crippen LogP contribution in [0.5, 0.6) is 0 Å². The van der Waals surface area contributed by atoms with Gasteiger partial charge in [0.25, 0.3) is 0 Å². The Kier molecular flexibility index (Phi) is 8.33. The fraction of sp³-hybridized carbons (Fsp3) is 0.560. The molecule has 35 heavy (non-hydrogen) atoms. The second-order valence-corrected chi connectivity index (χ2v) is 10.4. The molecular formula is C25H36ClN5O4. The van der Waals surface area contributed by atoms with Crippen LogP contribution in [-0.2, 0) is 9.53 Å². The van der Waals surface area contributed by atoms with Crippen LogP contribution in [0.1, 0.15) is 46.2 Å². The summed E-state index contributed by atoms with van der Waals surface area (Å²) >= 11 is 6.45. The van der Waals surface area contributed by atoms with Crippen LogP contribution in [0, 0.1) is 0 Å². The maximum Gasteiger partial charge on any atom is 0.338 e. The lowest BCUT2D eigenvalue weighted by atomic mass is 9.94. The molecule has 3 rings (SSSR count). The molecule has 0 saturated carbocycles. The summed E-state index contributed by atoms with van der Waals surface area (Å²) < 4.78 is 5.39. The van der Waals surface area contributed by atoms with Gasteiger partial charge in [-0.15, -0.1) is 0 Å². The lowest BCUT2D eigenvalue weighted by Crippen LogP contribution is -2.59. The van der Waals surface area contributed by atoms with E-state index >= 15 is 0 Å². The summed E-state index contributed by atoms with van der Waals surface area (Å²) in [6.07, 6.45) is 0. The predicted molar refractivity (Wildman–Crippen MR) is 135 cm³/mol. The molecule has 2 heterocycles. The Hall–Kier alpha value is -2.78. The number of ether oxygens (including phenoxy) is 1. The summed E-state index contributed by atoms with van der Waals surface area (Å²) in [7, 11) is 1.64. The molecule has 9 nitrogen and oxygen atoms in total. The third-order valence-electron chi connectivity index (χ3n) is 6.12. The van der Waals surface area contributed by atoms with Crippen LogP contribution in [0.4, 0.5) is 9.59 Å². The van der Waals surface area contributed by atoms with Gasteiger partial charge in [-0.3, -0.25) is 9.80 Å². The van der Waals surface area contributed by atoms with Gasteiger partial charge in [-0.1, -0.05) is 29.8 Å². The SMILES string of the molecule is CCOC(=O)C1=C(CN2CCN(C(=O)NC(C)(C)C)[C@@H](C)C2)N(C)C(=O)N[C@@H]1c1ccccc1Cl. The molecule has 0 unspecified atom stereocenters. The van der Waals surface area contributed by atoms with Gasteiger partial charge < -0.3 is 20.3 Å². The quantitative estimate of drug-likeness (QED) is 0.598. The number of nitrogens with one attached hydrogen (secondary N) is 2. The number of piperazine rings is 1. The van der Waals surface area contributed by atoms with E-state index in [4.69, 9.17) is 16.3 Å². The van der Waals surface area contributed by atoms with E-state index in [1.165, 1.54) is 4.90 Å². The number of rotatable bonds is 5. The number of benzene rings is 1. The molecule has 2 N–H and O–H groups in total. The van der Waals surface area contributed by atoms with Crippen molar-refractivity contribution < 1.29 is 19.1 Å². The molecule has 2 aliphatic heterocycles. The van der Waals surface area contributed by atoms with Crippen molar-refractivity contribution in [3.8, 4) is 0 Å². The minimum Gasteiger partial charge on any atom is -0.463 e. The van der Waals surface area contributed by atoms with Gasteiger partial charge in [0, 0.05) is 55.5 Å². The van der Waals surface area contributed by atoms with E-state index in [1.807, 2.05) is 38.7 Å². The van der Waals surface area contributed by atoms with Crippen LogP contribution in [0.25, 0.3) is 0 Å². The lowest BCUT2D eigenvalue weighted by Gasteiger charge is -2.43. The highest BCUT2D eigenvalue weighted by molar-refractivity contribution is 6.31. The third kappa shape index (κ3) is 6.27. The summed E-state index contributed by atoms with van der Waals surface area (Å²) in [6, 6.07) is 5.96. The van der Waals surface area contributed by atoms with Crippen molar-refractivity contribution in [1.29, 1.82) is 0 Å². The van der Waals surface area contributed by atoms with Crippen molar-refractivity contribution >= 4 is 29.6 Å². The highest BCUT2D eigenvalue weighted by Gasteiger charge is 2.39. The number of hydrogen-bond donors (Lipinski definition) is 2. The second-order valence-electron chi connectivity index (χ2n) is 10.0. The average Bonchev–Trinajstić information content (AvgIpc) is 2.76. The van der Waals surface area contributed by atoms with Crippen LogP contribution >= 0.6 is 11.6 Å². The number of halogens is 1. The highest BCUT2D eigenvalue weighted by atomic mass is 35.5. The van der Waals surface area contributed by atoms with Gasteiger partial charge in [-0.2, -0.15) is 0 Å². The topological polar surface area (TPSA) is 94.2 Å². The molecule has 2 atom stereocenters. The molecule has 192 valence electrons. The lowest BCUT2D eigenvalue weighted by molar-refractivity contribution is -0.139. The number of amides is 4. The molecule has 1 aromatic rings. The minimum absolute atomic E-state index is 0.0418. The zero-order chi connectivity index (χ0) is 25.9. The van der Waals surface area contributed by atoms with E-state index in [2.05, 4.69) is 15.5 Å². The van der Waals surface area contributed by atoms with Gasteiger partial charge in [0.2, 0.25) is 0 Å². The number of carbonyl (C=O) groups is 3. The summed E-state index contributed by atoms with van der Waals surface area (Å²) in [6.45, 7) is 11.9. The molecule has 2 aliphatic rings. The number of likely N-dealkylation sites (N-methyl/N-ethyl adjacent to an activating group) is 1. The Labute approximate surface area is 212 Å². The summed E-state index contributed by atoms with van der Waals surface area (Å²) in [5.41, 5.74) is 1.24. The van der Waals surface area contributed by atoms with Crippen molar-refractivity contribution in [2.75, 3.05) is 39.8 Å². The number of carbonyl (C=O) groups excluding carboxylic acids is 3. The van der Waals surface area contributed by atoms with Crippen LogP contribution in [0.15, 0.2) is 35.5 Å². The molecule has 1 fully saturated rings. The van der Waals surface area contributed by atoms with E-state index in [0.29, 0.717) is 48.0 Å². The zero-order valence-electron chi connectivity index (χ0n) is 21.4. The van der Waals surface area contributed by atoms with Crippen molar-refractivity contribution in [2.45, 2.75) is 52.2 Å². The minimum atomic E-state index is -0.724. The largest absolute Gasteiger partial charge is 0.463 e. The van der Waals surface area contributed by atoms with Gasteiger partial charge >= 0.3 is 18.0 Å². The predicted octanol–water partition coefficient (Wildman–Crippen LogP) is 3.37. The molecule has 1 aromatic carbocycles. The monoisotopic (exact) mass is 505 g/mol. The maximum absolute atomic E-state index is 13.2. The molecule has 0 bridgehead atoms. The highest BCUT2D eigenvalue weighted by Crippen LogP contribution is 2.35. The number of nitrogens with zero attached hydrogens (tertiary/aromatic N) is 3. The number of hydrogen-bond acceptors (Lipinski definition) is 5. The van der Waals surface area contributed by atoms with E-state index in [9.17, 15) is 14.4 Å². The van der Waals surface area contributed by atoms with Gasteiger partial charge in [0.05, 0.1) is 18.2 Å². The molecule has 0 aliphatic carbocycles. The first-order chi connectivity index (χ1) is 16.4.